The van der Waals surface area contributed by atoms with Crippen LogP contribution in [0.4, 0.5) is 10.1 Å². The Balaban J connectivity index is 1.42. The van der Waals surface area contributed by atoms with Crippen LogP contribution >= 0.6 is 11.6 Å². The minimum atomic E-state index is -3.53. The molecule has 1 saturated heterocycles. The molecule has 146 valence electrons. The summed E-state index contributed by atoms with van der Waals surface area (Å²) in [5.74, 6) is -0.400. The number of sulfonamides is 1. The summed E-state index contributed by atoms with van der Waals surface area (Å²) in [6.45, 7) is 4.47. The van der Waals surface area contributed by atoms with Gasteiger partial charge in [-0.1, -0.05) is 36.3 Å². The van der Waals surface area contributed by atoms with E-state index in [2.05, 4.69) is 9.62 Å². The molecule has 0 amide bonds. The van der Waals surface area contributed by atoms with Crippen LogP contribution in [-0.4, -0.2) is 47.7 Å². The Morgan fingerprint density at radius 2 is 1.74 bits per heavy atom. The molecule has 0 bridgehead atoms. The van der Waals surface area contributed by atoms with Gasteiger partial charge in [0.25, 0.3) is 0 Å². The van der Waals surface area contributed by atoms with E-state index < -0.39 is 10.0 Å². The molecular weight excluding hydrogens is 389 g/mol. The molecule has 1 fully saturated rings. The molecule has 3 rings (SSSR count). The van der Waals surface area contributed by atoms with E-state index in [0.29, 0.717) is 17.1 Å². The molecule has 5 nitrogen and oxygen atoms in total. The van der Waals surface area contributed by atoms with Crippen molar-refractivity contribution in [2.45, 2.75) is 5.75 Å². The number of nitrogens with zero attached hydrogens (tertiary/aromatic N) is 2. The van der Waals surface area contributed by atoms with E-state index in [1.807, 2.05) is 0 Å². The maximum absolute atomic E-state index is 13.0. The van der Waals surface area contributed by atoms with Crippen molar-refractivity contribution < 1.29 is 17.7 Å². The first-order valence-electron chi connectivity index (χ1n) is 8.92. The van der Waals surface area contributed by atoms with E-state index in [-0.39, 0.29) is 18.1 Å². The summed E-state index contributed by atoms with van der Waals surface area (Å²) in [4.78, 5) is 3.54. The minimum Gasteiger partial charge on any atom is -0.544 e. The van der Waals surface area contributed by atoms with Gasteiger partial charge in [-0.2, -0.15) is 0 Å². The lowest BCUT2D eigenvalue weighted by molar-refractivity contribution is -0.898. The van der Waals surface area contributed by atoms with Crippen LogP contribution in [0, 0.1) is 5.82 Å². The molecule has 0 spiro atoms. The number of rotatable bonds is 7. The Bertz CT molecular complexity index is 854. The Hall–Kier alpha value is -1.67. The average molecular weight is 412 g/mol. The second-order valence-corrected chi connectivity index (χ2v) is 8.75. The smallest absolute Gasteiger partial charge is 0.123 e. The molecule has 1 aliphatic rings. The first kappa shape index (κ1) is 20.1. The second-order valence-electron chi connectivity index (χ2n) is 6.63. The highest BCUT2D eigenvalue weighted by Gasteiger charge is 2.19. The maximum atomic E-state index is 13.0. The van der Waals surface area contributed by atoms with Gasteiger partial charge in [-0.05, 0) is 35.9 Å². The maximum Gasteiger partial charge on any atom is 0.123 e. The first-order chi connectivity index (χ1) is 12.9. The number of quaternary nitrogens is 1. The van der Waals surface area contributed by atoms with E-state index in [1.165, 1.54) is 17.0 Å². The standard InChI is InChI=1S/C19H22ClFN3O2S/c20-19-4-2-1-3-16(19)15-27(25,26)22-9-10-23-11-13-24(14-12-23)18-7-5-17(21)6-8-18/h1-8H,9-15H2/q-1/p+1. The summed E-state index contributed by atoms with van der Waals surface area (Å²) in [7, 11) is -3.53. The van der Waals surface area contributed by atoms with Gasteiger partial charge in [-0.3, -0.25) is 0 Å². The minimum absolute atomic E-state index is 0.166. The first-order valence-corrected chi connectivity index (χ1v) is 10.9. The summed E-state index contributed by atoms with van der Waals surface area (Å²) in [5.41, 5.74) is 1.59. The van der Waals surface area contributed by atoms with Crippen LogP contribution in [0.3, 0.4) is 0 Å². The van der Waals surface area contributed by atoms with Gasteiger partial charge in [-0.25, -0.2) is 12.8 Å². The molecular formula is C19H23ClFN3O2S. The topological polar surface area (TPSA) is 55.9 Å². The summed E-state index contributed by atoms with van der Waals surface area (Å²) < 4.78 is 41.3. The fraction of sp³-hybridized carbons (Fsp3) is 0.368. The van der Waals surface area contributed by atoms with E-state index in [4.69, 9.17) is 11.6 Å². The van der Waals surface area contributed by atoms with Crippen molar-refractivity contribution in [2.24, 2.45) is 0 Å². The monoisotopic (exact) mass is 411 g/mol. The molecule has 27 heavy (non-hydrogen) atoms. The van der Waals surface area contributed by atoms with Gasteiger partial charge >= 0.3 is 0 Å². The number of anilines is 1. The van der Waals surface area contributed by atoms with Gasteiger partial charge < -0.3 is 14.5 Å². The number of hydrogen-bond donors (Lipinski definition) is 1. The Labute approximate surface area is 164 Å². The van der Waals surface area contributed by atoms with Gasteiger partial charge in [0.1, 0.15) is 5.82 Å². The van der Waals surface area contributed by atoms with Crippen molar-refractivity contribution in [1.82, 2.24) is 0 Å². The van der Waals surface area contributed by atoms with Gasteiger partial charge in [0.15, 0.2) is 0 Å². The van der Waals surface area contributed by atoms with Gasteiger partial charge in [-0.15, -0.1) is 0 Å². The Morgan fingerprint density at radius 3 is 2.41 bits per heavy atom. The van der Waals surface area contributed by atoms with Crippen LogP contribution in [0.1, 0.15) is 5.56 Å². The van der Waals surface area contributed by atoms with E-state index in [9.17, 15) is 12.8 Å². The Kier molecular flexibility index (Phi) is 6.70. The summed E-state index contributed by atoms with van der Waals surface area (Å²) in [6, 6.07) is 13.4. The van der Waals surface area contributed by atoms with Crippen molar-refractivity contribution in [2.75, 3.05) is 44.2 Å². The number of halogens is 2. The van der Waals surface area contributed by atoms with Crippen LogP contribution < -0.4 is 9.80 Å². The quantitative estimate of drug-likeness (QED) is 0.759. The van der Waals surface area contributed by atoms with Crippen molar-refractivity contribution in [1.29, 1.82) is 0 Å². The van der Waals surface area contributed by atoms with Crippen LogP contribution in [0.25, 0.3) is 4.72 Å². The highest BCUT2D eigenvalue weighted by molar-refractivity contribution is 7.93. The third-order valence-electron chi connectivity index (χ3n) is 4.71. The van der Waals surface area contributed by atoms with Gasteiger partial charge in [0.05, 0.1) is 48.5 Å². The second kappa shape index (κ2) is 9.01. The zero-order valence-electron chi connectivity index (χ0n) is 14.9. The van der Waals surface area contributed by atoms with Gasteiger partial charge in [0, 0.05) is 10.7 Å². The molecule has 0 atom stereocenters. The molecule has 1 heterocycles. The normalized spacial score (nSPS) is 15.9. The zero-order chi connectivity index (χ0) is 19.3. The molecule has 0 aromatic heterocycles. The summed E-state index contributed by atoms with van der Waals surface area (Å²) in [5, 5.41) is 0.443. The molecule has 8 heteroatoms. The molecule has 2 aromatic carbocycles. The molecule has 0 aliphatic carbocycles. The van der Waals surface area contributed by atoms with Gasteiger partial charge in [0.2, 0.25) is 0 Å². The van der Waals surface area contributed by atoms with Crippen LogP contribution in [-0.2, 0) is 15.8 Å². The number of piperazine rings is 1. The molecule has 0 unspecified atom stereocenters. The molecule has 2 aromatic rings. The number of hydrogen-bond acceptors (Lipinski definition) is 3. The molecule has 0 radical (unpaired) electrons. The zero-order valence-corrected chi connectivity index (χ0v) is 16.5. The van der Waals surface area contributed by atoms with Crippen molar-refractivity contribution >= 4 is 27.3 Å². The number of benzene rings is 2. The van der Waals surface area contributed by atoms with Crippen LogP contribution in [0.5, 0.6) is 0 Å². The van der Waals surface area contributed by atoms with E-state index in [0.717, 1.165) is 31.9 Å². The third kappa shape index (κ3) is 5.90. The highest BCUT2D eigenvalue weighted by Crippen LogP contribution is 2.19. The number of nitrogens with one attached hydrogen (secondary N) is 1. The largest absolute Gasteiger partial charge is 0.544 e. The fourth-order valence-corrected chi connectivity index (χ4v) is 4.57. The summed E-state index contributed by atoms with van der Waals surface area (Å²) >= 11 is 6.02. The average Bonchev–Trinajstić information content (AvgIpc) is 2.65. The van der Waals surface area contributed by atoms with E-state index >= 15 is 0 Å². The van der Waals surface area contributed by atoms with Crippen LogP contribution in [0.15, 0.2) is 48.5 Å². The highest BCUT2D eigenvalue weighted by atomic mass is 35.5. The van der Waals surface area contributed by atoms with Crippen molar-refractivity contribution in [3.8, 4) is 0 Å². The lowest BCUT2D eigenvalue weighted by Gasteiger charge is -2.35. The molecule has 0 saturated carbocycles. The lowest BCUT2D eigenvalue weighted by atomic mass is 10.2. The third-order valence-corrected chi connectivity index (χ3v) is 6.33. The fourth-order valence-electron chi connectivity index (χ4n) is 3.18. The Morgan fingerprint density at radius 1 is 1.07 bits per heavy atom. The molecule has 1 aliphatic heterocycles. The lowest BCUT2D eigenvalue weighted by Crippen LogP contribution is -3.15. The van der Waals surface area contributed by atoms with Crippen LogP contribution in [0.2, 0.25) is 5.02 Å². The predicted molar refractivity (Wildman–Crippen MR) is 106 cm³/mol. The molecule has 1 N–H and O–H groups in total. The predicted octanol–water partition coefficient (Wildman–Crippen LogP) is 2.09. The van der Waals surface area contributed by atoms with Crippen molar-refractivity contribution in [3.05, 3.63) is 69.7 Å². The summed E-state index contributed by atoms with van der Waals surface area (Å²) in [6.07, 6.45) is 0. The van der Waals surface area contributed by atoms with E-state index in [1.54, 1.807) is 36.4 Å². The SMILES string of the molecule is O=S(=O)(Cc1ccccc1Cl)[N-]CC[NH+]1CCN(c2ccc(F)cc2)CC1. The van der Waals surface area contributed by atoms with Crippen molar-refractivity contribution in [3.63, 3.8) is 0 Å².